The summed E-state index contributed by atoms with van der Waals surface area (Å²) >= 11 is 0. The maximum atomic E-state index is 5.88. The van der Waals surface area contributed by atoms with Gasteiger partial charge >= 0.3 is 0 Å². The summed E-state index contributed by atoms with van der Waals surface area (Å²) in [5, 5.41) is 8.41. The van der Waals surface area contributed by atoms with E-state index in [1.54, 1.807) is 7.11 Å². The van der Waals surface area contributed by atoms with Crippen LogP contribution >= 0.6 is 0 Å². The molecule has 2 aromatic rings. The standard InChI is InChI=1S/C17H17N3O/c1-21-15-10-6-5-9-13(15)17-14(11-16(18)19-20-17)12-7-3-2-4-8-12/h2-10,14H,11H2,1H3,(H2,18,19). The first kappa shape index (κ1) is 13.4. The Balaban J connectivity index is 2.09. The van der Waals surface area contributed by atoms with Gasteiger partial charge in [0.1, 0.15) is 11.6 Å². The third kappa shape index (κ3) is 2.65. The highest BCUT2D eigenvalue weighted by Gasteiger charge is 2.26. The number of para-hydroxylation sites is 1. The molecular formula is C17H17N3O. The van der Waals surface area contributed by atoms with E-state index >= 15 is 0 Å². The molecule has 0 spiro atoms. The summed E-state index contributed by atoms with van der Waals surface area (Å²) in [5.74, 6) is 1.45. The van der Waals surface area contributed by atoms with Gasteiger partial charge in [-0.05, 0) is 17.7 Å². The summed E-state index contributed by atoms with van der Waals surface area (Å²) in [6.45, 7) is 0. The van der Waals surface area contributed by atoms with E-state index in [0.717, 1.165) is 17.0 Å². The van der Waals surface area contributed by atoms with Crippen LogP contribution < -0.4 is 10.5 Å². The summed E-state index contributed by atoms with van der Waals surface area (Å²) in [5.41, 5.74) is 8.92. The van der Waals surface area contributed by atoms with Gasteiger partial charge in [0.25, 0.3) is 0 Å². The van der Waals surface area contributed by atoms with Gasteiger partial charge in [-0.15, -0.1) is 5.10 Å². The van der Waals surface area contributed by atoms with Crippen molar-refractivity contribution in [2.45, 2.75) is 12.3 Å². The first-order chi connectivity index (χ1) is 10.3. The van der Waals surface area contributed by atoms with Crippen molar-refractivity contribution < 1.29 is 4.74 Å². The van der Waals surface area contributed by atoms with Gasteiger partial charge in [0.05, 0.1) is 12.8 Å². The van der Waals surface area contributed by atoms with Crippen molar-refractivity contribution >= 4 is 11.5 Å². The lowest BCUT2D eigenvalue weighted by Gasteiger charge is -2.23. The number of nitrogens with zero attached hydrogens (tertiary/aromatic N) is 2. The maximum absolute atomic E-state index is 5.88. The van der Waals surface area contributed by atoms with E-state index in [0.29, 0.717) is 12.3 Å². The molecule has 4 nitrogen and oxygen atoms in total. The predicted octanol–water partition coefficient (Wildman–Crippen LogP) is 2.94. The van der Waals surface area contributed by atoms with E-state index in [4.69, 9.17) is 10.5 Å². The van der Waals surface area contributed by atoms with E-state index < -0.39 is 0 Å². The lowest BCUT2D eigenvalue weighted by Crippen LogP contribution is -2.26. The van der Waals surface area contributed by atoms with Crippen molar-refractivity contribution in [3.05, 3.63) is 65.7 Å². The summed E-state index contributed by atoms with van der Waals surface area (Å²) in [7, 11) is 1.66. The van der Waals surface area contributed by atoms with Crippen molar-refractivity contribution in [3.63, 3.8) is 0 Å². The van der Waals surface area contributed by atoms with Gasteiger partial charge in [0.15, 0.2) is 0 Å². The minimum Gasteiger partial charge on any atom is -0.496 e. The van der Waals surface area contributed by atoms with Gasteiger partial charge < -0.3 is 10.5 Å². The Bertz CT molecular complexity index is 692. The quantitative estimate of drug-likeness (QED) is 0.939. The normalized spacial score (nSPS) is 17.9. The van der Waals surface area contributed by atoms with Crippen LogP contribution in [-0.2, 0) is 0 Å². The topological polar surface area (TPSA) is 60.0 Å². The van der Waals surface area contributed by atoms with Crippen molar-refractivity contribution in [1.29, 1.82) is 0 Å². The molecular weight excluding hydrogens is 262 g/mol. The molecule has 2 N–H and O–H groups in total. The summed E-state index contributed by atoms with van der Waals surface area (Å²) in [4.78, 5) is 0. The molecule has 4 heteroatoms. The van der Waals surface area contributed by atoms with Gasteiger partial charge in [-0.25, -0.2) is 0 Å². The molecule has 106 valence electrons. The van der Waals surface area contributed by atoms with E-state index in [-0.39, 0.29) is 5.92 Å². The predicted molar refractivity (Wildman–Crippen MR) is 85.0 cm³/mol. The number of rotatable bonds is 3. The number of methoxy groups -OCH3 is 1. The van der Waals surface area contributed by atoms with Crippen LogP contribution in [0.5, 0.6) is 5.75 Å². The fourth-order valence-corrected chi connectivity index (χ4v) is 2.59. The zero-order valence-corrected chi connectivity index (χ0v) is 11.9. The van der Waals surface area contributed by atoms with Gasteiger partial charge in [-0.2, -0.15) is 5.10 Å². The number of amidine groups is 1. The second-order valence-electron chi connectivity index (χ2n) is 4.94. The monoisotopic (exact) mass is 279 g/mol. The average molecular weight is 279 g/mol. The zero-order chi connectivity index (χ0) is 14.7. The second kappa shape index (κ2) is 5.79. The first-order valence-electron chi connectivity index (χ1n) is 6.88. The molecule has 0 fully saturated rings. The van der Waals surface area contributed by atoms with E-state index in [1.165, 1.54) is 5.56 Å². The summed E-state index contributed by atoms with van der Waals surface area (Å²) in [6, 6.07) is 18.1. The SMILES string of the molecule is COc1ccccc1C1=NN=C(N)CC1c1ccccc1. The van der Waals surface area contributed by atoms with E-state index in [1.807, 2.05) is 42.5 Å². The third-order valence-corrected chi connectivity index (χ3v) is 3.61. The summed E-state index contributed by atoms with van der Waals surface area (Å²) in [6.07, 6.45) is 0.668. The lowest BCUT2D eigenvalue weighted by atomic mass is 9.86. The molecule has 21 heavy (non-hydrogen) atoms. The molecule has 3 rings (SSSR count). The number of benzene rings is 2. The van der Waals surface area contributed by atoms with Crippen LogP contribution in [0.25, 0.3) is 0 Å². The second-order valence-corrected chi connectivity index (χ2v) is 4.94. The molecule has 0 aromatic heterocycles. The Morgan fingerprint density at radius 1 is 1.00 bits per heavy atom. The minimum absolute atomic E-state index is 0.0972. The molecule has 0 radical (unpaired) electrons. The van der Waals surface area contributed by atoms with Crippen LogP contribution in [0.1, 0.15) is 23.5 Å². The van der Waals surface area contributed by atoms with Crippen LogP contribution in [0.15, 0.2) is 64.8 Å². The molecule has 2 aromatic carbocycles. The van der Waals surface area contributed by atoms with Crippen LogP contribution in [0.3, 0.4) is 0 Å². The molecule has 0 saturated carbocycles. The average Bonchev–Trinajstić information content (AvgIpc) is 2.55. The van der Waals surface area contributed by atoms with Gasteiger partial charge in [-0.1, -0.05) is 42.5 Å². The third-order valence-electron chi connectivity index (χ3n) is 3.61. The number of ether oxygens (including phenoxy) is 1. The lowest BCUT2D eigenvalue weighted by molar-refractivity contribution is 0.413. The van der Waals surface area contributed by atoms with Gasteiger partial charge in [-0.3, -0.25) is 0 Å². The molecule has 1 unspecified atom stereocenters. The van der Waals surface area contributed by atoms with E-state index in [2.05, 4.69) is 22.3 Å². The Labute approximate surface area is 124 Å². The molecule has 0 aliphatic carbocycles. The van der Waals surface area contributed by atoms with Crippen LogP contribution in [0.2, 0.25) is 0 Å². The zero-order valence-electron chi connectivity index (χ0n) is 11.9. The molecule has 0 amide bonds. The Morgan fingerprint density at radius 3 is 2.48 bits per heavy atom. The fourth-order valence-electron chi connectivity index (χ4n) is 2.59. The molecule has 0 bridgehead atoms. The summed E-state index contributed by atoms with van der Waals surface area (Å²) < 4.78 is 5.45. The Kier molecular flexibility index (Phi) is 3.69. The van der Waals surface area contributed by atoms with Crippen LogP contribution in [-0.4, -0.2) is 18.7 Å². The van der Waals surface area contributed by atoms with Crippen LogP contribution in [0.4, 0.5) is 0 Å². The number of hydrogen-bond donors (Lipinski definition) is 1. The van der Waals surface area contributed by atoms with Crippen LogP contribution in [0, 0.1) is 0 Å². The number of hydrogen-bond acceptors (Lipinski definition) is 4. The Morgan fingerprint density at radius 2 is 1.71 bits per heavy atom. The van der Waals surface area contributed by atoms with Crippen molar-refractivity contribution in [1.82, 2.24) is 0 Å². The minimum atomic E-state index is 0.0972. The Hall–Kier alpha value is -2.62. The smallest absolute Gasteiger partial charge is 0.128 e. The highest BCUT2D eigenvalue weighted by molar-refractivity contribution is 6.10. The maximum Gasteiger partial charge on any atom is 0.128 e. The fraction of sp³-hybridized carbons (Fsp3) is 0.176. The van der Waals surface area contributed by atoms with Crippen molar-refractivity contribution in [2.24, 2.45) is 15.9 Å². The number of nitrogens with two attached hydrogens (primary N) is 1. The van der Waals surface area contributed by atoms with Crippen molar-refractivity contribution in [3.8, 4) is 5.75 Å². The first-order valence-corrected chi connectivity index (χ1v) is 6.88. The molecule has 1 aliphatic heterocycles. The molecule has 1 atom stereocenters. The van der Waals surface area contributed by atoms with Crippen molar-refractivity contribution in [2.75, 3.05) is 7.11 Å². The van der Waals surface area contributed by atoms with E-state index in [9.17, 15) is 0 Å². The van der Waals surface area contributed by atoms with Gasteiger partial charge in [0.2, 0.25) is 0 Å². The molecule has 0 saturated heterocycles. The highest BCUT2D eigenvalue weighted by Crippen LogP contribution is 2.31. The highest BCUT2D eigenvalue weighted by atomic mass is 16.5. The largest absolute Gasteiger partial charge is 0.496 e. The molecule has 1 heterocycles. The molecule has 1 aliphatic rings. The van der Waals surface area contributed by atoms with Gasteiger partial charge in [0, 0.05) is 17.9 Å².